The smallest absolute Gasteiger partial charge is 0.272 e. The third-order valence-electron chi connectivity index (χ3n) is 3.28. The molecule has 0 bridgehead atoms. The first-order valence-corrected chi connectivity index (χ1v) is 5.59. The van der Waals surface area contributed by atoms with Crippen LogP contribution in [0.2, 0.25) is 0 Å². The number of carbonyl (C=O) groups is 1. The van der Waals surface area contributed by atoms with Crippen LogP contribution < -0.4 is 5.73 Å². The molecule has 0 fully saturated rings. The van der Waals surface area contributed by atoms with E-state index in [0.717, 1.165) is 12.1 Å². The maximum Gasteiger partial charge on any atom is 0.272 e. The molecule has 0 saturated heterocycles. The number of carbonyl (C=O) groups excluding carboxylic acids is 1. The van der Waals surface area contributed by atoms with E-state index in [0.29, 0.717) is 11.4 Å². The van der Waals surface area contributed by atoms with Crippen LogP contribution in [-0.2, 0) is 7.05 Å². The van der Waals surface area contributed by atoms with Crippen molar-refractivity contribution >= 4 is 11.6 Å². The van der Waals surface area contributed by atoms with Gasteiger partial charge in [0, 0.05) is 25.8 Å². The van der Waals surface area contributed by atoms with Gasteiger partial charge in [-0.3, -0.25) is 4.79 Å². The molecule has 1 heterocycles. The molecule has 0 aliphatic carbocycles. The Morgan fingerprint density at radius 3 is 2.56 bits per heavy atom. The lowest BCUT2D eigenvalue weighted by Crippen LogP contribution is -2.36. The summed E-state index contributed by atoms with van der Waals surface area (Å²) in [6.45, 7) is 6.04. The van der Waals surface area contributed by atoms with E-state index in [1.54, 1.807) is 4.90 Å². The van der Waals surface area contributed by atoms with Crippen molar-refractivity contribution in [3.8, 4) is 0 Å². The maximum absolute atomic E-state index is 12.2. The van der Waals surface area contributed by atoms with Gasteiger partial charge in [-0.1, -0.05) is 6.92 Å². The number of hydrogen-bond donors (Lipinski definition) is 1. The number of aryl methyl sites for hydroxylation is 1. The molecule has 1 aromatic rings. The molecule has 4 heteroatoms. The second-order valence-electron chi connectivity index (χ2n) is 4.32. The molecule has 1 unspecified atom stereocenters. The molecule has 0 saturated carbocycles. The lowest BCUT2D eigenvalue weighted by Gasteiger charge is -2.24. The van der Waals surface area contributed by atoms with Crippen LogP contribution in [0.1, 0.15) is 36.5 Å². The van der Waals surface area contributed by atoms with E-state index in [2.05, 4.69) is 6.92 Å². The molecule has 1 amide bonds. The minimum atomic E-state index is -0.0116. The lowest BCUT2D eigenvalue weighted by molar-refractivity contribution is 0.0732. The van der Waals surface area contributed by atoms with Crippen molar-refractivity contribution in [2.45, 2.75) is 33.2 Å². The van der Waals surface area contributed by atoms with Gasteiger partial charge < -0.3 is 15.2 Å². The standard InChI is InChI=1S/C12H21N3O/c1-6-8(2)15(5)12(16)11-10(13)7-9(3)14(11)4/h7-8H,6,13H2,1-5H3. The Labute approximate surface area is 97.0 Å². The summed E-state index contributed by atoms with van der Waals surface area (Å²) in [5.74, 6) is -0.0116. The van der Waals surface area contributed by atoms with E-state index in [9.17, 15) is 4.79 Å². The molecule has 1 atom stereocenters. The fraction of sp³-hybridized carbons (Fsp3) is 0.583. The fourth-order valence-corrected chi connectivity index (χ4v) is 1.67. The molecule has 0 radical (unpaired) electrons. The zero-order valence-corrected chi connectivity index (χ0v) is 10.7. The predicted molar refractivity (Wildman–Crippen MR) is 66.4 cm³/mol. The van der Waals surface area contributed by atoms with Crippen LogP contribution in [0, 0.1) is 6.92 Å². The van der Waals surface area contributed by atoms with Crippen LogP contribution in [-0.4, -0.2) is 28.5 Å². The first-order valence-electron chi connectivity index (χ1n) is 5.59. The average molecular weight is 223 g/mol. The maximum atomic E-state index is 12.2. The van der Waals surface area contributed by atoms with Gasteiger partial charge in [0.1, 0.15) is 5.69 Å². The predicted octanol–water partition coefficient (Wildman–Crippen LogP) is 1.79. The molecule has 4 nitrogen and oxygen atoms in total. The van der Waals surface area contributed by atoms with E-state index in [-0.39, 0.29) is 11.9 Å². The van der Waals surface area contributed by atoms with E-state index >= 15 is 0 Å². The van der Waals surface area contributed by atoms with Crippen molar-refractivity contribution in [3.05, 3.63) is 17.5 Å². The first kappa shape index (κ1) is 12.6. The summed E-state index contributed by atoms with van der Waals surface area (Å²) in [4.78, 5) is 14.0. The number of amides is 1. The molecular weight excluding hydrogens is 202 g/mol. The van der Waals surface area contributed by atoms with Crippen molar-refractivity contribution in [3.63, 3.8) is 0 Å². The first-order chi connectivity index (χ1) is 7.40. The fourth-order valence-electron chi connectivity index (χ4n) is 1.67. The molecule has 16 heavy (non-hydrogen) atoms. The van der Waals surface area contributed by atoms with Gasteiger partial charge in [0.25, 0.3) is 5.91 Å². The summed E-state index contributed by atoms with van der Waals surface area (Å²) in [6.07, 6.45) is 0.936. The molecule has 0 spiro atoms. The molecule has 1 rings (SSSR count). The topological polar surface area (TPSA) is 51.3 Å². The highest BCUT2D eigenvalue weighted by Crippen LogP contribution is 2.19. The quantitative estimate of drug-likeness (QED) is 0.849. The summed E-state index contributed by atoms with van der Waals surface area (Å²) in [5.41, 5.74) is 7.99. The van der Waals surface area contributed by atoms with Crippen molar-refractivity contribution in [1.82, 2.24) is 9.47 Å². The second-order valence-corrected chi connectivity index (χ2v) is 4.32. The third-order valence-corrected chi connectivity index (χ3v) is 3.28. The van der Waals surface area contributed by atoms with Crippen LogP contribution in [0.15, 0.2) is 6.07 Å². The molecule has 2 N–H and O–H groups in total. The highest BCUT2D eigenvalue weighted by atomic mass is 16.2. The summed E-state index contributed by atoms with van der Waals surface area (Å²) in [7, 11) is 3.68. The van der Waals surface area contributed by atoms with E-state index < -0.39 is 0 Å². The van der Waals surface area contributed by atoms with Crippen molar-refractivity contribution in [2.24, 2.45) is 7.05 Å². The summed E-state index contributed by atoms with van der Waals surface area (Å²) in [6, 6.07) is 2.06. The van der Waals surface area contributed by atoms with Gasteiger partial charge in [0.15, 0.2) is 0 Å². The number of rotatable bonds is 3. The number of nitrogens with zero attached hydrogens (tertiary/aromatic N) is 2. The van der Waals surface area contributed by atoms with Crippen LogP contribution in [0.3, 0.4) is 0 Å². The Morgan fingerprint density at radius 1 is 1.62 bits per heavy atom. The van der Waals surface area contributed by atoms with Crippen molar-refractivity contribution in [2.75, 3.05) is 12.8 Å². The Balaban J connectivity index is 3.05. The summed E-state index contributed by atoms with van der Waals surface area (Å²) in [5, 5.41) is 0. The van der Waals surface area contributed by atoms with Gasteiger partial charge in [-0.25, -0.2) is 0 Å². The van der Waals surface area contributed by atoms with E-state index in [1.165, 1.54) is 0 Å². The molecule has 0 aliphatic rings. The van der Waals surface area contributed by atoms with Crippen LogP contribution in [0.25, 0.3) is 0 Å². The monoisotopic (exact) mass is 223 g/mol. The van der Waals surface area contributed by atoms with Crippen molar-refractivity contribution in [1.29, 1.82) is 0 Å². The minimum Gasteiger partial charge on any atom is -0.397 e. The Kier molecular flexibility index (Phi) is 3.62. The molecular formula is C12H21N3O. The van der Waals surface area contributed by atoms with Gasteiger partial charge in [-0.05, 0) is 26.3 Å². The van der Waals surface area contributed by atoms with Gasteiger partial charge in [0.05, 0.1) is 5.69 Å². The zero-order valence-electron chi connectivity index (χ0n) is 10.7. The minimum absolute atomic E-state index is 0.0116. The third kappa shape index (κ3) is 2.05. The largest absolute Gasteiger partial charge is 0.397 e. The van der Waals surface area contributed by atoms with Crippen LogP contribution >= 0.6 is 0 Å². The second kappa shape index (κ2) is 4.60. The Morgan fingerprint density at radius 2 is 2.19 bits per heavy atom. The summed E-state index contributed by atoms with van der Waals surface area (Å²) >= 11 is 0. The highest BCUT2D eigenvalue weighted by molar-refractivity contribution is 5.98. The van der Waals surface area contributed by atoms with E-state index in [4.69, 9.17) is 5.73 Å². The number of nitrogen functional groups attached to an aromatic ring is 1. The van der Waals surface area contributed by atoms with Crippen LogP contribution in [0.4, 0.5) is 5.69 Å². The highest BCUT2D eigenvalue weighted by Gasteiger charge is 2.22. The van der Waals surface area contributed by atoms with Crippen molar-refractivity contribution < 1.29 is 4.79 Å². The van der Waals surface area contributed by atoms with Crippen LogP contribution in [0.5, 0.6) is 0 Å². The SMILES string of the molecule is CCC(C)N(C)C(=O)c1c(N)cc(C)n1C. The van der Waals surface area contributed by atoms with Gasteiger partial charge in [0.2, 0.25) is 0 Å². The molecule has 1 aromatic heterocycles. The average Bonchev–Trinajstić information content (AvgIpc) is 2.50. The molecule has 0 aromatic carbocycles. The number of nitrogens with two attached hydrogens (primary N) is 1. The zero-order chi connectivity index (χ0) is 12.5. The Hall–Kier alpha value is -1.45. The number of aromatic nitrogens is 1. The Bertz CT molecular complexity index is 395. The van der Waals surface area contributed by atoms with Gasteiger partial charge in [-0.2, -0.15) is 0 Å². The number of anilines is 1. The molecule has 90 valence electrons. The summed E-state index contributed by atoms with van der Waals surface area (Å²) < 4.78 is 1.84. The van der Waals surface area contributed by atoms with Gasteiger partial charge >= 0.3 is 0 Å². The lowest BCUT2D eigenvalue weighted by atomic mass is 10.2. The van der Waals surface area contributed by atoms with Gasteiger partial charge in [-0.15, -0.1) is 0 Å². The number of hydrogen-bond acceptors (Lipinski definition) is 2. The molecule has 0 aliphatic heterocycles. The van der Waals surface area contributed by atoms with E-state index in [1.807, 2.05) is 38.6 Å². The normalized spacial score (nSPS) is 12.6.